The van der Waals surface area contributed by atoms with E-state index >= 15 is 0 Å². The van der Waals surface area contributed by atoms with E-state index in [1.165, 1.54) is 205 Å². The van der Waals surface area contributed by atoms with Gasteiger partial charge in [-0.15, -0.1) is 0 Å². The topological polar surface area (TPSA) is 102 Å². The van der Waals surface area contributed by atoms with Crippen molar-refractivity contribution < 1.29 is 38.2 Å². The van der Waals surface area contributed by atoms with Gasteiger partial charge < -0.3 is 28.6 Å². The fourth-order valence-electron chi connectivity index (χ4n) is 8.55. The first-order valence-electron chi connectivity index (χ1n) is 27.1. The van der Waals surface area contributed by atoms with Gasteiger partial charge in [-0.2, -0.15) is 0 Å². The molecule has 0 heterocycles. The summed E-state index contributed by atoms with van der Waals surface area (Å²) in [7, 11) is 5.43. The predicted molar refractivity (Wildman–Crippen MR) is 259 cm³/mol. The van der Waals surface area contributed by atoms with E-state index in [0.717, 1.165) is 38.5 Å². The summed E-state index contributed by atoms with van der Waals surface area (Å²) in [4.78, 5) is 37.1. The van der Waals surface area contributed by atoms with Crippen LogP contribution in [0.4, 0.5) is 0 Å². The summed E-state index contributed by atoms with van der Waals surface area (Å²) in [5.74, 6) is -1.70. The van der Waals surface area contributed by atoms with Gasteiger partial charge in [-0.05, 0) is 12.8 Å². The van der Waals surface area contributed by atoms with E-state index in [0.29, 0.717) is 12.8 Å². The minimum atomic E-state index is -1.12. The van der Waals surface area contributed by atoms with Crippen LogP contribution in [0, 0.1) is 0 Å². The number of carbonyl (C=O) groups excluding carboxylic acids is 3. The van der Waals surface area contributed by atoms with E-state index in [1.54, 1.807) is 0 Å². The molecule has 0 aromatic rings. The number of nitrogens with zero attached hydrogens (tertiary/aromatic N) is 1. The van der Waals surface area contributed by atoms with Crippen LogP contribution in [0.1, 0.15) is 277 Å². The molecule has 0 aliphatic carbocycles. The number of carbonyl (C=O) groups is 3. The zero-order chi connectivity index (χ0) is 45.6. The summed E-state index contributed by atoms with van der Waals surface area (Å²) in [6, 6.07) is -0.720. The molecule has 0 radical (unpaired) electrons. The van der Waals surface area contributed by atoms with Gasteiger partial charge in [0.1, 0.15) is 12.6 Å². The smallest absolute Gasteiger partial charge is 0.306 e. The lowest BCUT2D eigenvalue weighted by atomic mass is 10.0. The Morgan fingerprint density at radius 3 is 1.00 bits per heavy atom. The van der Waals surface area contributed by atoms with Crippen LogP contribution in [0.3, 0.4) is 0 Å². The number of esters is 2. The SMILES string of the molecule is CCCCCCCCCCCCCCCCCCCCCCCC(=O)OCC(COCCC(C(=O)[O-])[N+](C)(C)C)OC(=O)CCCCCCCCCCCCCCCCCCC. The Bertz CT molecular complexity index is 982. The van der Waals surface area contributed by atoms with Crippen molar-refractivity contribution in [3.63, 3.8) is 0 Å². The molecule has 368 valence electrons. The van der Waals surface area contributed by atoms with Gasteiger partial charge in [0, 0.05) is 19.3 Å². The zero-order valence-corrected chi connectivity index (χ0v) is 42.1. The van der Waals surface area contributed by atoms with Crippen molar-refractivity contribution in [3.8, 4) is 0 Å². The Balaban J connectivity index is 4.14. The molecule has 8 nitrogen and oxygen atoms in total. The summed E-state index contributed by atoms with van der Waals surface area (Å²) in [5, 5.41) is 11.7. The largest absolute Gasteiger partial charge is 0.544 e. The number of unbranched alkanes of at least 4 members (excludes halogenated alkanes) is 36. The highest BCUT2D eigenvalue weighted by atomic mass is 16.6. The van der Waals surface area contributed by atoms with Crippen LogP contribution < -0.4 is 5.11 Å². The number of carboxylic acids is 1. The number of hydrogen-bond acceptors (Lipinski definition) is 7. The number of ether oxygens (including phenoxy) is 3. The van der Waals surface area contributed by atoms with Crippen LogP contribution in [0.15, 0.2) is 0 Å². The highest BCUT2D eigenvalue weighted by Crippen LogP contribution is 2.17. The normalized spacial score (nSPS) is 12.7. The minimum absolute atomic E-state index is 0.0499. The van der Waals surface area contributed by atoms with Gasteiger partial charge >= 0.3 is 11.9 Å². The molecular weight excluding hydrogens is 775 g/mol. The monoisotopic (exact) mass is 880 g/mol. The first kappa shape index (κ1) is 60.3. The Labute approximate surface area is 385 Å². The fraction of sp³-hybridized carbons (Fsp3) is 0.944. The quantitative estimate of drug-likeness (QED) is 0.0341. The fourth-order valence-corrected chi connectivity index (χ4v) is 8.55. The van der Waals surface area contributed by atoms with E-state index in [2.05, 4.69) is 13.8 Å². The molecule has 0 fully saturated rings. The van der Waals surface area contributed by atoms with Crippen LogP contribution >= 0.6 is 0 Å². The Kier molecular flexibility index (Phi) is 44.6. The van der Waals surface area contributed by atoms with Gasteiger partial charge in [-0.1, -0.05) is 245 Å². The average molecular weight is 880 g/mol. The lowest BCUT2D eigenvalue weighted by molar-refractivity contribution is -0.889. The summed E-state index contributed by atoms with van der Waals surface area (Å²) in [5.41, 5.74) is 0. The van der Waals surface area contributed by atoms with Crippen molar-refractivity contribution in [1.29, 1.82) is 0 Å². The number of aliphatic carboxylic acids is 1. The van der Waals surface area contributed by atoms with E-state index < -0.39 is 18.1 Å². The van der Waals surface area contributed by atoms with Crippen LogP contribution in [0.5, 0.6) is 0 Å². The van der Waals surface area contributed by atoms with Crippen molar-refractivity contribution in [2.24, 2.45) is 0 Å². The Morgan fingerprint density at radius 1 is 0.419 bits per heavy atom. The zero-order valence-electron chi connectivity index (χ0n) is 42.1. The number of rotatable bonds is 50. The second-order valence-corrected chi connectivity index (χ2v) is 19.8. The average Bonchev–Trinajstić information content (AvgIpc) is 3.23. The predicted octanol–water partition coefficient (Wildman–Crippen LogP) is 14.3. The van der Waals surface area contributed by atoms with Gasteiger partial charge in [-0.3, -0.25) is 9.59 Å². The maximum atomic E-state index is 12.8. The van der Waals surface area contributed by atoms with E-state index in [9.17, 15) is 19.5 Å². The van der Waals surface area contributed by atoms with Gasteiger partial charge in [-0.25, -0.2) is 0 Å². The molecule has 0 rings (SSSR count). The molecule has 8 heteroatoms. The second-order valence-electron chi connectivity index (χ2n) is 19.8. The first-order chi connectivity index (χ1) is 30.1. The third-order valence-electron chi connectivity index (χ3n) is 12.7. The molecule has 0 aliphatic rings. The number of quaternary nitrogens is 1. The number of hydrogen-bond donors (Lipinski definition) is 0. The summed E-state index contributed by atoms with van der Waals surface area (Å²) >= 11 is 0. The van der Waals surface area contributed by atoms with E-state index in [4.69, 9.17) is 14.2 Å². The first-order valence-corrected chi connectivity index (χ1v) is 27.1. The molecule has 0 spiro atoms. The number of carboxylic acid groups (broad SMARTS) is 1. The van der Waals surface area contributed by atoms with Crippen molar-refractivity contribution >= 4 is 17.9 Å². The van der Waals surface area contributed by atoms with Crippen molar-refractivity contribution in [3.05, 3.63) is 0 Å². The molecule has 0 bridgehead atoms. The lowest BCUT2D eigenvalue weighted by Crippen LogP contribution is -2.55. The highest BCUT2D eigenvalue weighted by molar-refractivity contribution is 5.70. The maximum absolute atomic E-state index is 12.8. The molecule has 62 heavy (non-hydrogen) atoms. The molecule has 0 N–H and O–H groups in total. The molecule has 0 aromatic heterocycles. The molecule has 0 saturated carbocycles. The van der Waals surface area contributed by atoms with Crippen LogP contribution in [-0.2, 0) is 28.6 Å². The third-order valence-corrected chi connectivity index (χ3v) is 12.7. The van der Waals surface area contributed by atoms with Crippen LogP contribution in [-0.4, -0.2) is 75.5 Å². The molecule has 2 atom stereocenters. The molecule has 0 amide bonds. The van der Waals surface area contributed by atoms with Gasteiger partial charge in [0.2, 0.25) is 0 Å². The minimum Gasteiger partial charge on any atom is -0.544 e. The number of likely N-dealkylation sites (N-methyl/N-ethyl adjacent to an activating group) is 1. The van der Waals surface area contributed by atoms with Gasteiger partial charge in [0.15, 0.2) is 6.10 Å². The highest BCUT2D eigenvalue weighted by Gasteiger charge is 2.25. The Morgan fingerprint density at radius 2 is 0.710 bits per heavy atom. The molecule has 2 unspecified atom stereocenters. The van der Waals surface area contributed by atoms with Gasteiger partial charge in [0.05, 0.1) is 40.3 Å². The van der Waals surface area contributed by atoms with Crippen LogP contribution in [0.25, 0.3) is 0 Å². The summed E-state index contributed by atoms with van der Waals surface area (Å²) in [6.45, 7) is 4.73. The molecule has 0 saturated heterocycles. The molecule has 0 aliphatic heterocycles. The maximum Gasteiger partial charge on any atom is 0.306 e. The summed E-state index contributed by atoms with van der Waals surface area (Å²) in [6.07, 6.45) is 49.9. The van der Waals surface area contributed by atoms with Gasteiger partial charge in [0.25, 0.3) is 0 Å². The Hall–Kier alpha value is -1.67. The van der Waals surface area contributed by atoms with Crippen LogP contribution in [0.2, 0.25) is 0 Å². The van der Waals surface area contributed by atoms with Crippen molar-refractivity contribution in [1.82, 2.24) is 0 Å². The summed E-state index contributed by atoms with van der Waals surface area (Å²) < 4.78 is 17.3. The second kappa shape index (κ2) is 45.9. The van der Waals surface area contributed by atoms with Crippen molar-refractivity contribution in [2.75, 3.05) is 41.0 Å². The molecule has 0 aromatic carbocycles. The van der Waals surface area contributed by atoms with E-state index in [-0.39, 0.29) is 42.7 Å². The van der Waals surface area contributed by atoms with E-state index in [1.807, 2.05) is 21.1 Å². The lowest BCUT2D eigenvalue weighted by Gasteiger charge is -2.34. The molecular formula is C54H105NO7. The third kappa shape index (κ3) is 43.6. The van der Waals surface area contributed by atoms with Crippen molar-refractivity contribution in [2.45, 2.75) is 289 Å². The standard InChI is InChI=1S/C54H105NO7/c1-6-8-10-12-14-16-18-20-22-24-25-26-27-29-30-32-34-36-38-40-42-44-52(56)61-49-50(48-60-47-46-51(54(58)59)55(3,4)5)62-53(57)45-43-41-39-37-35-33-31-28-23-21-19-17-15-13-11-9-7-2/h50-51H,6-49H2,1-5H3.